The SMILES string of the molecule is CC1(C)c2ccccc2-c2ccc3c4ccccc4n(-c4ccccc4-c4nc(-c5ccccc5)c5c(n4)-c4ccccc4[Si]5(C)C)c3c21. The number of aromatic nitrogens is 3. The van der Waals surface area contributed by atoms with Crippen molar-refractivity contribution in [1.82, 2.24) is 14.5 Å². The summed E-state index contributed by atoms with van der Waals surface area (Å²) in [6, 6.07) is 50.8. The minimum absolute atomic E-state index is 0.170. The van der Waals surface area contributed by atoms with Gasteiger partial charge in [0.15, 0.2) is 5.82 Å². The van der Waals surface area contributed by atoms with E-state index in [9.17, 15) is 0 Å². The Kier molecular flexibility index (Phi) is 5.79. The molecular weight excluding hydrogens is 611 g/mol. The molecule has 0 fully saturated rings. The van der Waals surface area contributed by atoms with Crippen molar-refractivity contribution in [2.75, 3.05) is 0 Å². The molecule has 3 nitrogen and oxygen atoms in total. The summed E-state index contributed by atoms with van der Waals surface area (Å²) in [6.07, 6.45) is 0. The van der Waals surface area contributed by atoms with Gasteiger partial charge in [0.25, 0.3) is 0 Å². The van der Waals surface area contributed by atoms with Crippen LogP contribution in [0.2, 0.25) is 13.1 Å². The summed E-state index contributed by atoms with van der Waals surface area (Å²) in [6.45, 7) is 9.65. The highest BCUT2D eigenvalue weighted by Gasteiger charge is 2.42. The molecule has 234 valence electrons. The highest BCUT2D eigenvalue weighted by Crippen LogP contribution is 2.53. The Morgan fingerprint density at radius 3 is 2.04 bits per heavy atom. The zero-order valence-electron chi connectivity index (χ0n) is 28.1. The first-order valence-electron chi connectivity index (χ1n) is 17.2. The Bertz CT molecular complexity index is 2660. The summed E-state index contributed by atoms with van der Waals surface area (Å²) in [7, 11) is -2.06. The van der Waals surface area contributed by atoms with Gasteiger partial charge in [-0.1, -0.05) is 148 Å². The highest BCUT2D eigenvalue weighted by atomic mass is 28.3. The van der Waals surface area contributed by atoms with E-state index in [0.29, 0.717) is 0 Å². The van der Waals surface area contributed by atoms with Gasteiger partial charge in [-0.15, -0.1) is 0 Å². The standard InChI is InChI=1S/C45H35N3Si/c1-45(2)35-22-12-8-18-29(35)31-26-27-32-30-19-9-13-23-36(30)48(42(32)39(31)45)37-24-14-10-20-33(37)44-46-40(28-16-6-5-7-17-28)43-41(47-44)34-21-11-15-25-38(34)49(43,3)4/h5-27H,1-4H3. The van der Waals surface area contributed by atoms with Crippen LogP contribution in [0.1, 0.15) is 25.0 Å². The molecule has 0 unspecified atom stereocenters. The molecule has 3 heterocycles. The summed E-state index contributed by atoms with van der Waals surface area (Å²) in [5.41, 5.74) is 14.3. The third-order valence-electron chi connectivity index (χ3n) is 11.2. The number of rotatable bonds is 3. The zero-order chi connectivity index (χ0) is 33.1. The van der Waals surface area contributed by atoms with Crippen LogP contribution in [0.3, 0.4) is 0 Å². The molecule has 0 saturated heterocycles. The maximum Gasteiger partial charge on any atom is 0.162 e. The fraction of sp³-hybridized carbons (Fsp3) is 0.111. The predicted molar refractivity (Wildman–Crippen MR) is 207 cm³/mol. The molecule has 2 aliphatic rings. The molecule has 6 aromatic carbocycles. The summed E-state index contributed by atoms with van der Waals surface area (Å²) in [5, 5.41) is 5.28. The first-order chi connectivity index (χ1) is 23.9. The van der Waals surface area contributed by atoms with E-state index in [0.717, 1.165) is 34.0 Å². The fourth-order valence-electron chi connectivity index (χ4n) is 8.96. The molecule has 0 N–H and O–H groups in total. The maximum absolute atomic E-state index is 5.54. The molecule has 2 aromatic heterocycles. The van der Waals surface area contributed by atoms with Crippen molar-refractivity contribution < 1.29 is 0 Å². The molecule has 0 radical (unpaired) electrons. The van der Waals surface area contributed by atoms with Crippen molar-refractivity contribution in [3.63, 3.8) is 0 Å². The van der Waals surface area contributed by atoms with Gasteiger partial charge in [0.2, 0.25) is 0 Å². The topological polar surface area (TPSA) is 30.7 Å². The molecule has 0 atom stereocenters. The largest absolute Gasteiger partial charge is 0.308 e. The molecule has 0 amide bonds. The minimum atomic E-state index is -2.06. The Morgan fingerprint density at radius 2 is 1.20 bits per heavy atom. The van der Waals surface area contributed by atoms with Crippen molar-refractivity contribution in [2.24, 2.45) is 0 Å². The third-order valence-corrected chi connectivity index (χ3v) is 14.7. The molecule has 49 heavy (non-hydrogen) atoms. The van der Waals surface area contributed by atoms with Gasteiger partial charge in [-0.2, -0.15) is 0 Å². The van der Waals surface area contributed by atoms with Gasteiger partial charge in [0.05, 0.1) is 28.1 Å². The molecule has 10 rings (SSSR count). The summed E-state index contributed by atoms with van der Waals surface area (Å²) < 4.78 is 2.50. The van der Waals surface area contributed by atoms with Crippen LogP contribution < -0.4 is 10.4 Å². The lowest BCUT2D eigenvalue weighted by atomic mass is 9.81. The first-order valence-corrected chi connectivity index (χ1v) is 20.2. The maximum atomic E-state index is 5.54. The Balaban J connectivity index is 1.31. The number of hydrogen-bond donors (Lipinski definition) is 0. The average molecular weight is 646 g/mol. The molecule has 4 heteroatoms. The van der Waals surface area contributed by atoms with Crippen LogP contribution >= 0.6 is 0 Å². The van der Waals surface area contributed by atoms with Gasteiger partial charge in [-0.3, -0.25) is 0 Å². The smallest absolute Gasteiger partial charge is 0.162 e. The van der Waals surface area contributed by atoms with Gasteiger partial charge in [-0.25, -0.2) is 9.97 Å². The molecule has 8 aromatic rings. The number of nitrogens with zero attached hydrogens (tertiary/aromatic N) is 3. The van der Waals surface area contributed by atoms with E-state index in [1.54, 1.807) is 0 Å². The molecule has 0 saturated carbocycles. The van der Waals surface area contributed by atoms with Crippen LogP contribution in [-0.4, -0.2) is 22.6 Å². The van der Waals surface area contributed by atoms with Gasteiger partial charge in [-0.05, 0) is 56.4 Å². The predicted octanol–water partition coefficient (Wildman–Crippen LogP) is 10.0. The Morgan fingerprint density at radius 1 is 0.551 bits per heavy atom. The normalized spacial score (nSPS) is 14.9. The van der Waals surface area contributed by atoms with Crippen molar-refractivity contribution >= 4 is 40.3 Å². The van der Waals surface area contributed by atoms with E-state index in [2.05, 4.69) is 171 Å². The van der Waals surface area contributed by atoms with Crippen LogP contribution in [-0.2, 0) is 5.41 Å². The third kappa shape index (κ3) is 3.78. The van der Waals surface area contributed by atoms with Crippen molar-refractivity contribution in [3.05, 3.63) is 151 Å². The highest BCUT2D eigenvalue weighted by molar-refractivity contribution is 7.04. The first kappa shape index (κ1) is 28.4. The van der Waals surface area contributed by atoms with E-state index < -0.39 is 8.07 Å². The van der Waals surface area contributed by atoms with Crippen molar-refractivity contribution in [2.45, 2.75) is 32.4 Å². The van der Waals surface area contributed by atoms with Crippen LogP contribution in [0.25, 0.3) is 72.5 Å². The summed E-state index contributed by atoms with van der Waals surface area (Å²) in [4.78, 5) is 11.1. The lowest BCUT2D eigenvalue weighted by Crippen LogP contribution is -2.50. The summed E-state index contributed by atoms with van der Waals surface area (Å²) >= 11 is 0. The van der Waals surface area contributed by atoms with Gasteiger partial charge in [0, 0.05) is 27.3 Å². The van der Waals surface area contributed by atoms with E-state index in [1.165, 1.54) is 60.0 Å². The second-order valence-corrected chi connectivity index (χ2v) is 18.9. The van der Waals surface area contributed by atoms with E-state index in [-0.39, 0.29) is 5.41 Å². The quantitative estimate of drug-likeness (QED) is 0.179. The molecule has 1 aliphatic heterocycles. The molecular formula is C45H35N3Si. The monoisotopic (exact) mass is 645 g/mol. The molecule has 1 aliphatic carbocycles. The fourth-order valence-corrected chi connectivity index (χ4v) is 12.2. The van der Waals surface area contributed by atoms with Crippen LogP contribution in [0.15, 0.2) is 140 Å². The minimum Gasteiger partial charge on any atom is -0.308 e. The van der Waals surface area contributed by atoms with Crippen molar-refractivity contribution in [1.29, 1.82) is 0 Å². The van der Waals surface area contributed by atoms with Crippen LogP contribution in [0, 0.1) is 0 Å². The van der Waals surface area contributed by atoms with Gasteiger partial charge < -0.3 is 4.57 Å². The van der Waals surface area contributed by atoms with Crippen molar-refractivity contribution in [3.8, 4) is 50.7 Å². The second kappa shape index (κ2) is 9.97. The second-order valence-electron chi connectivity index (χ2n) is 14.6. The lowest BCUT2D eigenvalue weighted by Gasteiger charge is -2.24. The average Bonchev–Trinajstić information content (AvgIpc) is 3.69. The number of para-hydroxylation sites is 2. The molecule has 0 spiro atoms. The van der Waals surface area contributed by atoms with E-state index in [4.69, 9.17) is 9.97 Å². The van der Waals surface area contributed by atoms with Gasteiger partial charge >= 0.3 is 0 Å². The van der Waals surface area contributed by atoms with E-state index in [1.807, 2.05) is 0 Å². The molecule has 0 bridgehead atoms. The number of hydrogen-bond acceptors (Lipinski definition) is 2. The number of benzene rings is 6. The Hall–Kier alpha value is -5.58. The van der Waals surface area contributed by atoms with E-state index >= 15 is 0 Å². The van der Waals surface area contributed by atoms with Gasteiger partial charge in [0.1, 0.15) is 8.07 Å². The van der Waals surface area contributed by atoms with Crippen LogP contribution in [0.5, 0.6) is 0 Å². The number of fused-ring (bicyclic) bond motifs is 10. The Labute approximate surface area is 287 Å². The summed E-state index contributed by atoms with van der Waals surface area (Å²) in [5.74, 6) is 0.760. The lowest BCUT2D eigenvalue weighted by molar-refractivity contribution is 0.664. The zero-order valence-corrected chi connectivity index (χ0v) is 29.1. The van der Waals surface area contributed by atoms with Crippen LogP contribution in [0.4, 0.5) is 0 Å².